The van der Waals surface area contributed by atoms with Crippen LogP contribution in [-0.2, 0) is 0 Å². The fourth-order valence-electron chi connectivity index (χ4n) is 1.28. The van der Waals surface area contributed by atoms with Gasteiger partial charge in [0.25, 0.3) is 0 Å². The Morgan fingerprint density at radius 1 is 1.22 bits per heavy atom. The van der Waals surface area contributed by atoms with Crippen LogP contribution in [0, 0.1) is 7.05 Å². The highest BCUT2D eigenvalue weighted by atomic mass is 14.9. The van der Waals surface area contributed by atoms with Gasteiger partial charge in [-0.05, 0) is 31.7 Å². The third-order valence-electron chi connectivity index (χ3n) is 2.00. The van der Waals surface area contributed by atoms with E-state index in [1.165, 1.54) is 0 Å². The summed E-state index contributed by atoms with van der Waals surface area (Å²) in [6.07, 6.45) is 4.54. The molecular formula is C7H14N2-. The second-order valence-corrected chi connectivity index (χ2v) is 2.75. The van der Waals surface area contributed by atoms with Crippen molar-refractivity contribution in [2.45, 2.75) is 37.8 Å². The summed E-state index contributed by atoms with van der Waals surface area (Å²) in [5.41, 5.74) is 5.69. The molecule has 0 aliphatic heterocycles. The monoisotopic (exact) mass is 126 g/mol. The van der Waals surface area contributed by atoms with E-state index in [9.17, 15) is 0 Å². The first-order chi connectivity index (χ1) is 4.33. The fourth-order valence-corrected chi connectivity index (χ4v) is 1.28. The molecule has 2 N–H and O–H groups in total. The maximum atomic E-state index is 5.69. The van der Waals surface area contributed by atoms with E-state index >= 15 is 0 Å². The summed E-state index contributed by atoms with van der Waals surface area (Å²) in [6, 6.07) is 0.938. The minimum atomic E-state index is 0.433. The van der Waals surface area contributed by atoms with Gasteiger partial charge in [-0.15, -0.1) is 0 Å². The van der Waals surface area contributed by atoms with Crippen molar-refractivity contribution >= 4 is 0 Å². The van der Waals surface area contributed by atoms with E-state index < -0.39 is 0 Å². The molecule has 2 heteroatoms. The second-order valence-electron chi connectivity index (χ2n) is 2.75. The molecule has 9 heavy (non-hydrogen) atoms. The Kier molecular flexibility index (Phi) is 2.49. The van der Waals surface area contributed by atoms with Crippen LogP contribution in [0.3, 0.4) is 0 Å². The van der Waals surface area contributed by atoms with Crippen molar-refractivity contribution < 1.29 is 0 Å². The smallest absolute Gasteiger partial charge is 0.00399 e. The molecule has 1 aliphatic carbocycles. The lowest BCUT2D eigenvalue weighted by atomic mass is 9.92. The minimum absolute atomic E-state index is 0.433. The molecule has 0 heterocycles. The Labute approximate surface area is 56.8 Å². The summed E-state index contributed by atoms with van der Waals surface area (Å²) >= 11 is 0. The van der Waals surface area contributed by atoms with Gasteiger partial charge in [0.15, 0.2) is 0 Å². The Morgan fingerprint density at radius 2 is 1.78 bits per heavy atom. The SMILES string of the molecule is [CH2-][N]C1CCC(N)CC1. The van der Waals surface area contributed by atoms with E-state index in [1.807, 2.05) is 0 Å². The van der Waals surface area contributed by atoms with E-state index in [-0.39, 0.29) is 0 Å². The van der Waals surface area contributed by atoms with Gasteiger partial charge in [0.05, 0.1) is 0 Å². The van der Waals surface area contributed by atoms with E-state index in [2.05, 4.69) is 12.4 Å². The molecule has 2 nitrogen and oxygen atoms in total. The first kappa shape index (κ1) is 7.03. The zero-order valence-electron chi connectivity index (χ0n) is 5.71. The standard InChI is InChI=1S/C7H14N2/c1-9-7-4-2-6(8)3-5-7/h6-7H,1-5,8H2/q-1. The lowest BCUT2D eigenvalue weighted by molar-refractivity contribution is 0.362. The zero-order chi connectivity index (χ0) is 6.69. The molecule has 0 aromatic heterocycles. The minimum Gasteiger partial charge on any atom is -0.422 e. The van der Waals surface area contributed by atoms with Gasteiger partial charge >= 0.3 is 0 Å². The average molecular weight is 126 g/mol. The van der Waals surface area contributed by atoms with Crippen molar-refractivity contribution in [2.24, 2.45) is 5.73 Å². The van der Waals surface area contributed by atoms with Crippen LogP contribution in [0.1, 0.15) is 25.7 Å². The topological polar surface area (TPSA) is 40.1 Å². The van der Waals surface area contributed by atoms with Crippen molar-refractivity contribution in [1.29, 1.82) is 0 Å². The molecule has 0 bridgehead atoms. The maximum Gasteiger partial charge on any atom is 0.00399 e. The molecule has 0 spiro atoms. The molecule has 0 aromatic carbocycles. The Bertz CT molecular complexity index is 75.0. The summed E-state index contributed by atoms with van der Waals surface area (Å²) in [4.78, 5) is 0. The van der Waals surface area contributed by atoms with Gasteiger partial charge in [-0.25, -0.2) is 0 Å². The van der Waals surface area contributed by atoms with E-state index in [4.69, 9.17) is 5.73 Å². The molecule has 0 unspecified atom stereocenters. The van der Waals surface area contributed by atoms with Gasteiger partial charge in [-0.3, -0.25) is 7.05 Å². The lowest BCUT2D eigenvalue weighted by Gasteiger charge is -2.27. The second kappa shape index (κ2) is 3.18. The molecular weight excluding hydrogens is 112 g/mol. The molecule has 0 atom stereocenters. The molecule has 53 valence electrons. The van der Waals surface area contributed by atoms with E-state index in [1.54, 1.807) is 0 Å². The summed E-state index contributed by atoms with van der Waals surface area (Å²) < 4.78 is 0. The molecule has 1 fully saturated rings. The van der Waals surface area contributed by atoms with Crippen LogP contribution in [0.25, 0.3) is 0 Å². The zero-order valence-corrected chi connectivity index (χ0v) is 5.71. The Hall–Kier alpha value is -0.0800. The van der Waals surface area contributed by atoms with Crippen molar-refractivity contribution in [3.63, 3.8) is 0 Å². The third-order valence-corrected chi connectivity index (χ3v) is 2.00. The highest BCUT2D eigenvalue weighted by Crippen LogP contribution is 2.16. The summed E-state index contributed by atoms with van der Waals surface area (Å²) in [5.74, 6) is 0. The number of nitrogens with two attached hydrogens (primary N) is 1. The van der Waals surface area contributed by atoms with Crippen LogP contribution < -0.4 is 11.1 Å². The third kappa shape index (κ3) is 1.95. The van der Waals surface area contributed by atoms with Crippen LogP contribution >= 0.6 is 0 Å². The normalized spacial score (nSPS) is 36.7. The Balaban J connectivity index is 2.18. The van der Waals surface area contributed by atoms with E-state index in [0.29, 0.717) is 12.1 Å². The number of hydrogen-bond donors (Lipinski definition) is 1. The van der Waals surface area contributed by atoms with Crippen molar-refractivity contribution in [3.05, 3.63) is 7.05 Å². The maximum absolute atomic E-state index is 5.69. The molecule has 1 saturated carbocycles. The summed E-state index contributed by atoms with van der Waals surface area (Å²) in [5, 5.41) is 3.98. The highest BCUT2D eigenvalue weighted by molar-refractivity contribution is 4.77. The number of hydrogen-bond acceptors (Lipinski definition) is 1. The lowest BCUT2D eigenvalue weighted by Crippen LogP contribution is -2.31. The van der Waals surface area contributed by atoms with E-state index in [0.717, 1.165) is 25.7 Å². The quantitative estimate of drug-likeness (QED) is 0.515. The first-order valence-electron chi connectivity index (χ1n) is 3.54. The number of nitrogens with zero attached hydrogens (tertiary/aromatic N) is 1. The van der Waals surface area contributed by atoms with Gasteiger partial charge in [0.1, 0.15) is 0 Å². The Morgan fingerprint density at radius 3 is 2.22 bits per heavy atom. The molecule has 0 aromatic rings. The predicted octanol–water partition coefficient (Wildman–Crippen LogP) is 0.652. The largest absolute Gasteiger partial charge is 0.422 e. The molecule has 1 aliphatic rings. The van der Waals surface area contributed by atoms with Crippen molar-refractivity contribution in [1.82, 2.24) is 5.32 Å². The summed E-state index contributed by atoms with van der Waals surface area (Å²) in [7, 11) is 3.52. The molecule has 1 rings (SSSR count). The van der Waals surface area contributed by atoms with Crippen LogP contribution in [-0.4, -0.2) is 12.1 Å². The fraction of sp³-hybridized carbons (Fsp3) is 0.857. The molecule has 0 amide bonds. The predicted molar refractivity (Wildman–Crippen MR) is 37.7 cm³/mol. The average Bonchev–Trinajstić information content (AvgIpc) is 1.90. The summed E-state index contributed by atoms with van der Waals surface area (Å²) in [6.45, 7) is 0. The highest BCUT2D eigenvalue weighted by Gasteiger charge is 2.14. The van der Waals surface area contributed by atoms with Crippen LogP contribution in [0.5, 0.6) is 0 Å². The molecule has 1 radical (unpaired) electrons. The van der Waals surface area contributed by atoms with Gasteiger partial charge < -0.3 is 11.1 Å². The van der Waals surface area contributed by atoms with Gasteiger partial charge in [-0.1, -0.05) is 0 Å². The van der Waals surface area contributed by atoms with Crippen LogP contribution in [0.2, 0.25) is 0 Å². The van der Waals surface area contributed by atoms with Gasteiger partial charge in [0.2, 0.25) is 0 Å². The van der Waals surface area contributed by atoms with Crippen molar-refractivity contribution in [3.8, 4) is 0 Å². The first-order valence-corrected chi connectivity index (χ1v) is 3.54. The van der Waals surface area contributed by atoms with Gasteiger partial charge in [-0.2, -0.15) is 0 Å². The van der Waals surface area contributed by atoms with Gasteiger partial charge in [0, 0.05) is 6.04 Å². The molecule has 0 saturated heterocycles. The number of rotatable bonds is 1. The van der Waals surface area contributed by atoms with Crippen molar-refractivity contribution in [2.75, 3.05) is 0 Å². The van der Waals surface area contributed by atoms with Crippen LogP contribution in [0.4, 0.5) is 0 Å². The van der Waals surface area contributed by atoms with Crippen LogP contribution in [0.15, 0.2) is 0 Å².